The second kappa shape index (κ2) is 9.56. The quantitative estimate of drug-likeness (QED) is 0.602. The lowest BCUT2D eigenvalue weighted by molar-refractivity contribution is -0.121. The van der Waals surface area contributed by atoms with Gasteiger partial charge in [-0.3, -0.25) is 14.6 Å². The fraction of sp³-hybridized carbons (Fsp3) is 0.269. The van der Waals surface area contributed by atoms with Crippen molar-refractivity contribution in [3.63, 3.8) is 0 Å². The number of aryl methyl sites for hydroxylation is 1. The van der Waals surface area contributed by atoms with Gasteiger partial charge in [0, 0.05) is 17.8 Å². The summed E-state index contributed by atoms with van der Waals surface area (Å²) in [5, 5.41) is 2.90. The molecule has 0 spiro atoms. The van der Waals surface area contributed by atoms with Crippen molar-refractivity contribution in [2.24, 2.45) is 5.92 Å². The lowest BCUT2D eigenvalue weighted by Gasteiger charge is -2.23. The minimum atomic E-state index is -0.0518. The van der Waals surface area contributed by atoms with E-state index < -0.39 is 0 Å². The lowest BCUT2D eigenvalue weighted by atomic mass is 10.1. The summed E-state index contributed by atoms with van der Waals surface area (Å²) in [5.74, 6) is 0.272. The van der Waals surface area contributed by atoms with Gasteiger partial charge in [-0.2, -0.15) is 0 Å². The van der Waals surface area contributed by atoms with Crippen LogP contribution in [0.4, 0.5) is 5.69 Å². The molecule has 1 saturated carbocycles. The molecule has 4 rings (SSSR count). The van der Waals surface area contributed by atoms with Crippen molar-refractivity contribution in [1.82, 2.24) is 10.3 Å². The van der Waals surface area contributed by atoms with Gasteiger partial charge in [-0.1, -0.05) is 48.0 Å². The molecule has 5 nitrogen and oxygen atoms in total. The van der Waals surface area contributed by atoms with Crippen LogP contribution in [0.2, 0.25) is 0 Å². The number of amides is 2. The summed E-state index contributed by atoms with van der Waals surface area (Å²) in [4.78, 5) is 31.3. The standard InChI is InChI=1S/C26H27N3O2/c1-19-5-4-6-21(15-19)18-29(26(31)22-10-11-22)24-12-8-20(9-13-24)16-25(30)28-17-23-7-2-3-14-27-23/h2-9,12-15,22H,10-11,16-18H2,1H3,(H,28,30). The van der Waals surface area contributed by atoms with E-state index in [1.165, 1.54) is 5.56 Å². The first-order valence-corrected chi connectivity index (χ1v) is 10.7. The van der Waals surface area contributed by atoms with E-state index in [0.717, 1.165) is 35.3 Å². The second-order valence-corrected chi connectivity index (χ2v) is 8.13. The first kappa shape index (κ1) is 20.8. The molecule has 0 bridgehead atoms. The van der Waals surface area contributed by atoms with Crippen molar-refractivity contribution >= 4 is 17.5 Å². The fourth-order valence-corrected chi connectivity index (χ4v) is 3.57. The van der Waals surface area contributed by atoms with E-state index >= 15 is 0 Å². The van der Waals surface area contributed by atoms with E-state index in [-0.39, 0.29) is 17.7 Å². The normalized spacial score (nSPS) is 12.9. The van der Waals surface area contributed by atoms with Crippen molar-refractivity contribution in [1.29, 1.82) is 0 Å². The zero-order valence-corrected chi connectivity index (χ0v) is 17.8. The number of benzene rings is 2. The first-order valence-electron chi connectivity index (χ1n) is 10.7. The monoisotopic (exact) mass is 413 g/mol. The summed E-state index contributed by atoms with van der Waals surface area (Å²) in [6, 6.07) is 21.6. The van der Waals surface area contributed by atoms with Gasteiger partial charge in [0.15, 0.2) is 0 Å². The molecule has 1 aliphatic rings. The van der Waals surface area contributed by atoms with Gasteiger partial charge in [0.25, 0.3) is 0 Å². The maximum atomic E-state index is 12.9. The van der Waals surface area contributed by atoms with Crippen LogP contribution in [0.1, 0.15) is 35.2 Å². The summed E-state index contributed by atoms with van der Waals surface area (Å²) < 4.78 is 0. The fourth-order valence-electron chi connectivity index (χ4n) is 3.57. The van der Waals surface area contributed by atoms with Crippen LogP contribution in [0.5, 0.6) is 0 Å². The molecule has 0 unspecified atom stereocenters. The molecule has 5 heteroatoms. The van der Waals surface area contributed by atoms with E-state index in [1.807, 2.05) is 53.4 Å². The maximum absolute atomic E-state index is 12.9. The van der Waals surface area contributed by atoms with Crippen LogP contribution in [0.15, 0.2) is 72.9 Å². The first-order chi connectivity index (χ1) is 15.1. The molecule has 3 aromatic rings. The molecular formula is C26H27N3O2. The highest BCUT2D eigenvalue weighted by molar-refractivity contribution is 5.96. The maximum Gasteiger partial charge on any atom is 0.230 e. The number of carbonyl (C=O) groups is 2. The van der Waals surface area contributed by atoms with E-state index in [4.69, 9.17) is 0 Å². The summed E-state index contributed by atoms with van der Waals surface area (Å²) >= 11 is 0. The van der Waals surface area contributed by atoms with Gasteiger partial charge >= 0.3 is 0 Å². The van der Waals surface area contributed by atoms with Crippen LogP contribution in [0.3, 0.4) is 0 Å². The number of pyridine rings is 1. The second-order valence-electron chi connectivity index (χ2n) is 8.13. The Labute approximate surface area is 183 Å². The predicted octanol–water partition coefficient (Wildman–Crippen LogP) is 4.19. The molecule has 1 fully saturated rings. The number of anilines is 1. The van der Waals surface area contributed by atoms with Crippen LogP contribution < -0.4 is 10.2 Å². The third-order valence-corrected chi connectivity index (χ3v) is 5.42. The van der Waals surface area contributed by atoms with Gasteiger partial charge in [-0.15, -0.1) is 0 Å². The van der Waals surface area contributed by atoms with Crippen LogP contribution >= 0.6 is 0 Å². The van der Waals surface area contributed by atoms with Crippen molar-refractivity contribution in [3.8, 4) is 0 Å². The highest BCUT2D eigenvalue weighted by atomic mass is 16.2. The number of rotatable bonds is 8. The van der Waals surface area contributed by atoms with Gasteiger partial charge in [0.05, 0.1) is 25.2 Å². The van der Waals surface area contributed by atoms with E-state index in [1.54, 1.807) is 6.20 Å². The van der Waals surface area contributed by atoms with Crippen molar-refractivity contribution in [3.05, 3.63) is 95.3 Å². The van der Waals surface area contributed by atoms with Crippen LogP contribution in [0.25, 0.3) is 0 Å². The van der Waals surface area contributed by atoms with Crippen LogP contribution in [-0.2, 0) is 29.1 Å². The Morgan fingerprint density at radius 2 is 1.81 bits per heavy atom. The Hall–Kier alpha value is -3.47. The van der Waals surface area contributed by atoms with Gasteiger partial charge in [-0.05, 0) is 55.2 Å². The molecule has 1 heterocycles. The minimum Gasteiger partial charge on any atom is -0.350 e. The zero-order valence-electron chi connectivity index (χ0n) is 17.8. The number of nitrogens with one attached hydrogen (secondary N) is 1. The molecule has 2 amide bonds. The Balaban J connectivity index is 1.41. The predicted molar refractivity (Wildman–Crippen MR) is 121 cm³/mol. The molecule has 1 aromatic heterocycles. The minimum absolute atomic E-state index is 0.0518. The highest BCUT2D eigenvalue weighted by Gasteiger charge is 2.34. The largest absolute Gasteiger partial charge is 0.350 e. The van der Waals surface area contributed by atoms with E-state index in [2.05, 4.69) is 35.4 Å². The topological polar surface area (TPSA) is 62.3 Å². The average Bonchev–Trinajstić information content (AvgIpc) is 3.63. The summed E-state index contributed by atoms with van der Waals surface area (Å²) in [6.07, 6.45) is 3.95. The molecule has 0 radical (unpaired) electrons. The molecule has 1 aliphatic carbocycles. The molecule has 0 aliphatic heterocycles. The summed E-state index contributed by atoms with van der Waals surface area (Å²) in [6.45, 7) is 3.03. The molecule has 1 N–H and O–H groups in total. The van der Waals surface area contributed by atoms with Crippen molar-refractivity contribution in [2.45, 2.75) is 39.3 Å². The molecule has 158 valence electrons. The van der Waals surface area contributed by atoms with Crippen molar-refractivity contribution < 1.29 is 9.59 Å². The average molecular weight is 414 g/mol. The number of hydrogen-bond acceptors (Lipinski definition) is 3. The number of aromatic nitrogens is 1. The van der Waals surface area contributed by atoms with Crippen LogP contribution in [-0.4, -0.2) is 16.8 Å². The smallest absolute Gasteiger partial charge is 0.230 e. The Morgan fingerprint density at radius 1 is 1.00 bits per heavy atom. The third-order valence-electron chi connectivity index (χ3n) is 5.42. The summed E-state index contributed by atoms with van der Waals surface area (Å²) in [5.41, 5.74) is 4.92. The third kappa shape index (κ3) is 5.79. The van der Waals surface area contributed by atoms with E-state index in [9.17, 15) is 9.59 Å². The van der Waals surface area contributed by atoms with Gasteiger partial charge in [0.1, 0.15) is 0 Å². The number of hydrogen-bond donors (Lipinski definition) is 1. The molecule has 0 atom stereocenters. The lowest BCUT2D eigenvalue weighted by Crippen LogP contribution is -2.31. The molecule has 2 aromatic carbocycles. The zero-order chi connectivity index (χ0) is 21.6. The molecule has 31 heavy (non-hydrogen) atoms. The molecule has 0 saturated heterocycles. The van der Waals surface area contributed by atoms with Gasteiger partial charge < -0.3 is 10.2 Å². The number of nitrogens with zero attached hydrogens (tertiary/aromatic N) is 2. The number of carbonyl (C=O) groups excluding carboxylic acids is 2. The Kier molecular flexibility index (Phi) is 6.41. The van der Waals surface area contributed by atoms with Gasteiger partial charge in [-0.25, -0.2) is 0 Å². The van der Waals surface area contributed by atoms with E-state index in [0.29, 0.717) is 19.5 Å². The molecular weight excluding hydrogens is 386 g/mol. The van der Waals surface area contributed by atoms with Crippen molar-refractivity contribution in [2.75, 3.05) is 4.90 Å². The van der Waals surface area contributed by atoms with Crippen LogP contribution in [0, 0.1) is 12.8 Å². The van der Waals surface area contributed by atoms with Gasteiger partial charge in [0.2, 0.25) is 11.8 Å². The SMILES string of the molecule is Cc1cccc(CN(C(=O)C2CC2)c2ccc(CC(=O)NCc3ccccn3)cc2)c1. The Bertz CT molecular complexity index is 1040. The summed E-state index contributed by atoms with van der Waals surface area (Å²) in [7, 11) is 0. The highest BCUT2D eigenvalue weighted by Crippen LogP contribution is 2.33. The Morgan fingerprint density at radius 3 is 2.48 bits per heavy atom.